The first-order valence-electron chi connectivity index (χ1n) is 5.23. The number of piperidine rings is 1. The Hall–Kier alpha value is -0.840. The van der Waals surface area contributed by atoms with Gasteiger partial charge < -0.3 is 15.4 Å². The van der Waals surface area contributed by atoms with Crippen LogP contribution in [0.3, 0.4) is 0 Å². The number of halogens is 1. The lowest BCUT2D eigenvalue weighted by molar-refractivity contribution is 0.0458. The van der Waals surface area contributed by atoms with Gasteiger partial charge in [-0.2, -0.15) is 0 Å². The fraction of sp³-hybridized carbons (Fsp3) is 0.900. The molecule has 0 spiro atoms. The van der Waals surface area contributed by atoms with E-state index in [-0.39, 0.29) is 0 Å². The monoisotopic (exact) mass is 218 g/mol. The molecule has 1 fully saturated rings. The molecule has 1 heterocycles. The highest BCUT2D eigenvalue weighted by Gasteiger charge is 2.27. The molecule has 1 aliphatic rings. The zero-order chi connectivity index (χ0) is 11.5. The average molecular weight is 218 g/mol. The fourth-order valence-corrected chi connectivity index (χ4v) is 1.44. The second kappa shape index (κ2) is 4.79. The van der Waals surface area contributed by atoms with Crippen molar-refractivity contribution in [2.45, 2.75) is 45.0 Å². The van der Waals surface area contributed by atoms with E-state index in [1.807, 2.05) is 0 Å². The van der Waals surface area contributed by atoms with E-state index in [0.717, 1.165) is 6.54 Å². The standard InChI is InChI=1S/C10H19FN2O2/c1-10(2,3)15-9(14)13-8-4-5-12-6-7(8)11/h7-8,12H,4-6H2,1-3H3,(H,13,14)/t7-,8-/m1/s1. The Morgan fingerprint density at radius 1 is 1.53 bits per heavy atom. The maximum Gasteiger partial charge on any atom is 0.407 e. The van der Waals surface area contributed by atoms with Crippen LogP contribution in [0.2, 0.25) is 0 Å². The van der Waals surface area contributed by atoms with Gasteiger partial charge >= 0.3 is 6.09 Å². The Labute approximate surface area is 89.6 Å². The van der Waals surface area contributed by atoms with Crippen molar-refractivity contribution in [3.8, 4) is 0 Å². The summed E-state index contributed by atoms with van der Waals surface area (Å²) in [4.78, 5) is 11.4. The molecular formula is C10H19FN2O2. The van der Waals surface area contributed by atoms with Gasteiger partial charge in [0.25, 0.3) is 0 Å². The Morgan fingerprint density at radius 2 is 2.20 bits per heavy atom. The molecule has 4 nitrogen and oxygen atoms in total. The molecule has 0 saturated carbocycles. The molecule has 1 aliphatic heterocycles. The highest BCUT2D eigenvalue weighted by molar-refractivity contribution is 5.68. The van der Waals surface area contributed by atoms with E-state index in [1.165, 1.54) is 0 Å². The summed E-state index contributed by atoms with van der Waals surface area (Å²) in [5.41, 5.74) is -0.539. The Bertz CT molecular complexity index is 228. The van der Waals surface area contributed by atoms with Crippen molar-refractivity contribution >= 4 is 6.09 Å². The van der Waals surface area contributed by atoms with Crippen LogP contribution in [0.25, 0.3) is 0 Å². The molecule has 1 amide bonds. The molecule has 88 valence electrons. The summed E-state index contributed by atoms with van der Waals surface area (Å²) in [6.07, 6.45) is -0.983. The van der Waals surface area contributed by atoms with Crippen molar-refractivity contribution in [3.63, 3.8) is 0 Å². The van der Waals surface area contributed by atoms with E-state index in [1.54, 1.807) is 20.8 Å². The van der Waals surface area contributed by atoms with E-state index in [0.29, 0.717) is 13.0 Å². The number of rotatable bonds is 1. The topological polar surface area (TPSA) is 50.4 Å². The highest BCUT2D eigenvalue weighted by atomic mass is 19.1. The van der Waals surface area contributed by atoms with Crippen LogP contribution < -0.4 is 10.6 Å². The molecule has 0 aromatic rings. The predicted octanol–water partition coefficient (Wildman–Crippen LogP) is 1.21. The van der Waals surface area contributed by atoms with Gasteiger partial charge in [0.1, 0.15) is 11.8 Å². The number of carbonyl (C=O) groups excluding carboxylic acids is 1. The van der Waals surface area contributed by atoms with Crippen LogP contribution >= 0.6 is 0 Å². The molecule has 0 aromatic carbocycles. The summed E-state index contributed by atoms with van der Waals surface area (Å²) < 4.78 is 18.4. The Balaban J connectivity index is 2.36. The van der Waals surface area contributed by atoms with Crippen molar-refractivity contribution in [3.05, 3.63) is 0 Å². The molecular weight excluding hydrogens is 199 g/mol. The van der Waals surface area contributed by atoms with Crippen LogP contribution in [0.4, 0.5) is 9.18 Å². The van der Waals surface area contributed by atoms with E-state index in [4.69, 9.17) is 4.74 Å². The summed E-state index contributed by atoms with van der Waals surface area (Å²) in [6.45, 7) is 6.35. The summed E-state index contributed by atoms with van der Waals surface area (Å²) in [6, 6.07) is -0.430. The smallest absolute Gasteiger partial charge is 0.407 e. The molecule has 1 rings (SSSR count). The lowest BCUT2D eigenvalue weighted by Crippen LogP contribution is -2.51. The summed E-state index contributed by atoms with van der Waals surface area (Å²) >= 11 is 0. The summed E-state index contributed by atoms with van der Waals surface area (Å²) in [7, 11) is 0. The van der Waals surface area contributed by atoms with Gasteiger partial charge in [-0.3, -0.25) is 0 Å². The molecule has 0 bridgehead atoms. The molecule has 0 radical (unpaired) electrons. The van der Waals surface area contributed by atoms with E-state index >= 15 is 0 Å². The van der Waals surface area contributed by atoms with Gasteiger partial charge in [-0.15, -0.1) is 0 Å². The molecule has 2 atom stereocenters. The Morgan fingerprint density at radius 3 is 2.73 bits per heavy atom. The summed E-state index contributed by atoms with van der Waals surface area (Å²) in [5.74, 6) is 0. The first kappa shape index (κ1) is 12.2. The van der Waals surface area contributed by atoms with Crippen LogP contribution in [0, 0.1) is 0 Å². The number of amides is 1. The summed E-state index contributed by atoms with van der Waals surface area (Å²) in [5, 5.41) is 5.47. The van der Waals surface area contributed by atoms with Gasteiger partial charge in [0.2, 0.25) is 0 Å². The highest BCUT2D eigenvalue weighted by Crippen LogP contribution is 2.10. The zero-order valence-electron chi connectivity index (χ0n) is 9.47. The molecule has 0 unspecified atom stereocenters. The minimum Gasteiger partial charge on any atom is -0.444 e. The fourth-order valence-electron chi connectivity index (χ4n) is 1.44. The lowest BCUT2D eigenvalue weighted by atomic mass is 10.1. The van der Waals surface area contributed by atoms with Gasteiger partial charge in [-0.25, -0.2) is 9.18 Å². The second-order valence-corrected chi connectivity index (χ2v) is 4.76. The maximum absolute atomic E-state index is 13.3. The maximum atomic E-state index is 13.3. The van der Waals surface area contributed by atoms with Crippen LogP contribution in [0.5, 0.6) is 0 Å². The lowest BCUT2D eigenvalue weighted by Gasteiger charge is -2.28. The van der Waals surface area contributed by atoms with Gasteiger partial charge in [-0.05, 0) is 33.7 Å². The van der Waals surface area contributed by atoms with Gasteiger partial charge in [0.15, 0.2) is 0 Å². The number of ether oxygens (including phenoxy) is 1. The number of alkyl halides is 1. The molecule has 1 saturated heterocycles. The first-order chi connectivity index (χ1) is 6.88. The molecule has 0 aromatic heterocycles. The molecule has 15 heavy (non-hydrogen) atoms. The third-order valence-corrected chi connectivity index (χ3v) is 2.11. The molecule has 0 aliphatic carbocycles. The number of nitrogens with one attached hydrogen (secondary N) is 2. The van der Waals surface area contributed by atoms with Crippen LogP contribution in [-0.2, 0) is 4.74 Å². The van der Waals surface area contributed by atoms with Crippen LogP contribution in [0.1, 0.15) is 27.2 Å². The average Bonchev–Trinajstić information content (AvgIpc) is 2.05. The first-order valence-corrected chi connectivity index (χ1v) is 5.23. The van der Waals surface area contributed by atoms with Gasteiger partial charge in [-0.1, -0.05) is 0 Å². The number of alkyl carbamates (subject to hydrolysis) is 1. The van der Waals surface area contributed by atoms with Crippen LogP contribution in [-0.4, -0.2) is 37.0 Å². The van der Waals surface area contributed by atoms with Crippen molar-refractivity contribution in [2.75, 3.05) is 13.1 Å². The van der Waals surface area contributed by atoms with Gasteiger partial charge in [0, 0.05) is 6.54 Å². The van der Waals surface area contributed by atoms with Gasteiger partial charge in [0.05, 0.1) is 6.04 Å². The molecule has 2 N–H and O–H groups in total. The quantitative estimate of drug-likeness (QED) is 0.695. The number of carbonyl (C=O) groups is 1. The SMILES string of the molecule is CC(C)(C)OC(=O)N[C@@H]1CCNC[C@H]1F. The normalized spacial score (nSPS) is 27.2. The van der Waals surface area contributed by atoms with Crippen molar-refractivity contribution in [2.24, 2.45) is 0 Å². The largest absolute Gasteiger partial charge is 0.444 e. The number of hydrogen-bond donors (Lipinski definition) is 2. The minimum absolute atomic E-state index is 0.292. The Kier molecular flexibility index (Phi) is 3.90. The third-order valence-electron chi connectivity index (χ3n) is 2.11. The van der Waals surface area contributed by atoms with Crippen molar-refractivity contribution < 1.29 is 13.9 Å². The van der Waals surface area contributed by atoms with Crippen LogP contribution in [0.15, 0.2) is 0 Å². The van der Waals surface area contributed by atoms with E-state index in [2.05, 4.69) is 10.6 Å². The molecule has 5 heteroatoms. The van der Waals surface area contributed by atoms with E-state index < -0.39 is 23.9 Å². The third kappa shape index (κ3) is 4.46. The predicted molar refractivity (Wildman–Crippen MR) is 55.5 cm³/mol. The minimum atomic E-state index is -1.04. The van der Waals surface area contributed by atoms with Crippen molar-refractivity contribution in [1.29, 1.82) is 0 Å². The van der Waals surface area contributed by atoms with Crippen molar-refractivity contribution in [1.82, 2.24) is 10.6 Å². The zero-order valence-corrected chi connectivity index (χ0v) is 9.47. The number of hydrogen-bond acceptors (Lipinski definition) is 3. The second-order valence-electron chi connectivity index (χ2n) is 4.76. The van der Waals surface area contributed by atoms with E-state index in [9.17, 15) is 9.18 Å².